The molecule has 0 bridgehead atoms. The summed E-state index contributed by atoms with van der Waals surface area (Å²) in [5.74, 6) is -0.00898. The van der Waals surface area contributed by atoms with Gasteiger partial charge in [-0.15, -0.1) is 11.3 Å². The van der Waals surface area contributed by atoms with Crippen molar-refractivity contribution in [2.24, 2.45) is 0 Å². The van der Waals surface area contributed by atoms with Crippen molar-refractivity contribution in [2.75, 3.05) is 19.7 Å². The molecule has 2 aliphatic heterocycles. The predicted molar refractivity (Wildman–Crippen MR) is 88.7 cm³/mol. The molecular formula is C17H19N3O3S. The zero-order valence-corrected chi connectivity index (χ0v) is 14.1. The van der Waals surface area contributed by atoms with Crippen molar-refractivity contribution in [1.82, 2.24) is 14.9 Å². The molecule has 4 heterocycles. The Morgan fingerprint density at radius 1 is 1.42 bits per heavy atom. The summed E-state index contributed by atoms with van der Waals surface area (Å²) < 4.78 is 12.0. The van der Waals surface area contributed by atoms with E-state index in [-0.39, 0.29) is 17.6 Å². The molecule has 24 heavy (non-hydrogen) atoms. The summed E-state index contributed by atoms with van der Waals surface area (Å²) in [5, 5.41) is 1.79. The first-order valence-electron chi connectivity index (χ1n) is 8.06. The van der Waals surface area contributed by atoms with Gasteiger partial charge in [-0.05, 0) is 24.1 Å². The van der Waals surface area contributed by atoms with Crippen molar-refractivity contribution in [3.05, 3.63) is 46.7 Å². The van der Waals surface area contributed by atoms with Gasteiger partial charge in [0.05, 0.1) is 31.3 Å². The summed E-state index contributed by atoms with van der Waals surface area (Å²) >= 11 is 1.44. The Morgan fingerprint density at radius 2 is 2.25 bits per heavy atom. The highest BCUT2D eigenvalue weighted by Crippen LogP contribution is 2.36. The van der Waals surface area contributed by atoms with Crippen molar-refractivity contribution in [2.45, 2.75) is 31.2 Å². The normalized spacial score (nSPS) is 22.3. The lowest BCUT2D eigenvalue weighted by atomic mass is 9.84. The van der Waals surface area contributed by atoms with Crippen molar-refractivity contribution >= 4 is 17.2 Å². The monoisotopic (exact) mass is 345 g/mol. The topological polar surface area (TPSA) is 64.6 Å². The number of carbonyl (C=O) groups excluding carboxylic acids is 1. The molecule has 0 saturated carbocycles. The first-order valence-corrected chi connectivity index (χ1v) is 9.00. The molecule has 2 aliphatic rings. The maximum atomic E-state index is 12.3. The largest absolute Gasteiger partial charge is 0.373 e. The van der Waals surface area contributed by atoms with E-state index in [2.05, 4.69) is 9.97 Å². The van der Waals surface area contributed by atoms with Crippen LogP contribution in [0.3, 0.4) is 0 Å². The van der Waals surface area contributed by atoms with Crippen LogP contribution in [0, 0.1) is 0 Å². The number of aromatic nitrogens is 2. The molecule has 0 N–H and O–H groups in total. The van der Waals surface area contributed by atoms with Crippen LogP contribution in [0.25, 0.3) is 0 Å². The third-order valence-corrected chi connectivity index (χ3v) is 5.17. The Hall–Kier alpha value is -1.83. The molecule has 2 saturated heterocycles. The fraction of sp³-hybridized carbons (Fsp3) is 0.471. The summed E-state index contributed by atoms with van der Waals surface area (Å²) in [4.78, 5) is 22.2. The van der Waals surface area contributed by atoms with Gasteiger partial charge in [0, 0.05) is 30.8 Å². The van der Waals surface area contributed by atoms with Crippen LogP contribution in [-0.4, -0.2) is 52.2 Å². The number of nitrogens with zero attached hydrogens (tertiary/aromatic N) is 3. The number of pyridine rings is 1. The number of ether oxygens (including phenoxy) is 2. The molecule has 2 aromatic heterocycles. The second-order valence-corrected chi connectivity index (χ2v) is 7.07. The van der Waals surface area contributed by atoms with Gasteiger partial charge >= 0.3 is 0 Å². The highest BCUT2D eigenvalue weighted by atomic mass is 32.1. The van der Waals surface area contributed by atoms with E-state index in [4.69, 9.17) is 9.47 Å². The van der Waals surface area contributed by atoms with E-state index in [1.807, 2.05) is 12.1 Å². The zero-order valence-electron chi connectivity index (χ0n) is 13.3. The van der Waals surface area contributed by atoms with Crippen molar-refractivity contribution in [1.29, 1.82) is 0 Å². The van der Waals surface area contributed by atoms with Gasteiger partial charge in [-0.25, -0.2) is 4.98 Å². The van der Waals surface area contributed by atoms with Crippen LogP contribution in [-0.2, 0) is 16.1 Å². The van der Waals surface area contributed by atoms with E-state index in [1.165, 1.54) is 11.3 Å². The molecule has 4 rings (SSSR count). The Kier molecular flexibility index (Phi) is 4.30. The van der Waals surface area contributed by atoms with E-state index in [9.17, 15) is 4.79 Å². The lowest BCUT2D eigenvalue weighted by Gasteiger charge is -2.52. The highest BCUT2D eigenvalue weighted by Gasteiger charge is 2.49. The molecule has 2 fully saturated rings. The number of thiazole rings is 1. The van der Waals surface area contributed by atoms with Gasteiger partial charge in [-0.2, -0.15) is 0 Å². The molecular weight excluding hydrogens is 326 g/mol. The number of hydrogen-bond acceptors (Lipinski definition) is 6. The van der Waals surface area contributed by atoms with Crippen LogP contribution in [0.5, 0.6) is 0 Å². The number of amides is 1. The number of carbonyl (C=O) groups is 1. The van der Waals surface area contributed by atoms with Gasteiger partial charge in [0.1, 0.15) is 11.3 Å². The number of rotatable bonds is 4. The van der Waals surface area contributed by atoms with E-state index in [0.29, 0.717) is 32.0 Å². The molecule has 2 aromatic rings. The molecule has 1 atom stereocenters. The standard InChI is InChI=1S/C17H19N3O3S/c21-16(15-9-24-12-19-15)20-10-17(11-20)7-14(3-6-23-17)22-8-13-1-4-18-5-2-13/h1-2,4-5,9,12,14H,3,6-8,10-11H2/t14-/m0/s1. The quantitative estimate of drug-likeness (QED) is 0.849. The first kappa shape index (κ1) is 15.7. The van der Waals surface area contributed by atoms with E-state index in [0.717, 1.165) is 18.4 Å². The second-order valence-electron chi connectivity index (χ2n) is 6.35. The first-order chi connectivity index (χ1) is 11.7. The van der Waals surface area contributed by atoms with Gasteiger partial charge in [0.25, 0.3) is 5.91 Å². The lowest BCUT2D eigenvalue weighted by molar-refractivity contribution is -0.188. The Morgan fingerprint density at radius 3 is 3.00 bits per heavy atom. The fourth-order valence-electron chi connectivity index (χ4n) is 3.31. The van der Waals surface area contributed by atoms with Crippen LogP contribution in [0.15, 0.2) is 35.4 Å². The Labute approximate surface area is 144 Å². The van der Waals surface area contributed by atoms with Crippen molar-refractivity contribution < 1.29 is 14.3 Å². The maximum absolute atomic E-state index is 12.3. The van der Waals surface area contributed by atoms with Gasteiger partial charge in [-0.1, -0.05) is 0 Å². The van der Waals surface area contributed by atoms with E-state index in [1.54, 1.807) is 28.2 Å². The van der Waals surface area contributed by atoms with Crippen LogP contribution in [0.2, 0.25) is 0 Å². The van der Waals surface area contributed by atoms with Crippen LogP contribution < -0.4 is 0 Å². The molecule has 0 unspecified atom stereocenters. The van der Waals surface area contributed by atoms with Gasteiger partial charge < -0.3 is 14.4 Å². The Bertz CT molecular complexity index is 686. The zero-order chi connectivity index (χ0) is 16.4. The minimum Gasteiger partial charge on any atom is -0.373 e. The van der Waals surface area contributed by atoms with Crippen molar-refractivity contribution in [3.63, 3.8) is 0 Å². The summed E-state index contributed by atoms with van der Waals surface area (Å²) in [7, 11) is 0. The molecule has 7 heteroatoms. The summed E-state index contributed by atoms with van der Waals surface area (Å²) in [6, 6.07) is 3.93. The van der Waals surface area contributed by atoms with Gasteiger partial charge in [0.15, 0.2) is 0 Å². The highest BCUT2D eigenvalue weighted by molar-refractivity contribution is 7.07. The molecule has 1 amide bonds. The SMILES string of the molecule is O=C(c1cscn1)N1CC2(C[C@@H](OCc3ccncc3)CCO2)C1. The summed E-state index contributed by atoms with van der Waals surface area (Å²) in [5.41, 5.74) is 3.09. The Balaban J connectivity index is 1.30. The van der Waals surface area contributed by atoms with Crippen LogP contribution in [0.1, 0.15) is 28.9 Å². The predicted octanol–water partition coefficient (Wildman–Crippen LogP) is 2.13. The fourth-order valence-corrected chi connectivity index (χ4v) is 3.84. The molecule has 6 nitrogen and oxygen atoms in total. The van der Waals surface area contributed by atoms with E-state index < -0.39 is 0 Å². The molecule has 0 aliphatic carbocycles. The van der Waals surface area contributed by atoms with Crippen LogP contribution in [0.4, 0.5) is 0 Å². The summed E-state index contributed by atoms with van der Waals surface area (Å²) in [6.07, 6.45) is 5.45. The van der Waals surface area contributed by atoms with Crippen molar-refractivity contribution in [3.8, 4) is 0 Å². The average molecular weight is 345 g/mol. The number of hydrogen-bond donors (Lipinski definition) is 0. The second kappa shape index (κ2) is 6.58. The van der Waals surface area contributed by atoms with Gasteiger partial charge in [-0.3, -0.25) is 9.78 Å². The van der Waals surface area contributed by atoms with Crippen LogP contribution >= 0.6 is 11.3 Å². The minimum atomic E-state index is -0.243. The maximum Gasteiger partial charge on any atom is 0.273 e. The third kappa shape index (κ3) is 3.19. The lowest BCUT2D eigenvalue weighted by Crippen LogP contribution is -2.67. The van der Waals surface area contributed by atoms with E-state index >= 15 is 0 Å². The minimum absolute atomic E-state index is 0.00898. The molecule has 0 aromatic carbocycles. The molecule has 1 spiro atoms. The smallest absolute Gasteiger partial charge is 0.273 e. The third-order valence-electron chi connectivity index (χ3n) is 4.58. The number of likely N-dealkylation sites (tertiary alicyclic amines) is 1. The summed E-state index contributed by atoms with van der Waals surface area (Å²) in [6.45, 7) is 2.52. The molecule has 126 valence electrons. The van der Waals surface area contributed by atoms with Gasteiger partial charge in [0.2, 0.25) is 0 Å². The molecule has 0 radical (unpaired) electrons. The average Bonchev–Trinajstić information content (AvgIpc) is 3.13.